The van der Waals surface area contributed by atoms with Crippen LogP contribution in [-0.2, 0) is 6.42 Å². The van der Waals surface area contributed by atoms with E-state index < -0.39 is 0 Å². The van der Waals surface area contributed by atoms with Crippen LogP contribution in [0.2, 0.25) is 0 Å². The highest BCUT2D eigenvalue weighted by Gasteiger charge is 2.40. The highest BCUT2D eigenvalue weighted by molar-refractivity contribution is 5.16. The summed E-state index contributed by atoms with van der Waals surface area (Å²) in [6.07, 6.45) is 3.46. The van der Waals surface area contributed by atoms with Crippen molar-refractivity contribution in [2.75, 3.05) is 19.6 Å². The molecular formula is C13H19FN2. The van der Waals surface area contributed by atoms with Gasteiger partial charge in [-0.3, -0.25) is 0 Å². The van der Waals surface area contributed by atoms with Crippen LogP contribution >= 0.6 is 0 Å². The largest absolute Gasteiger partial charge is 0.330 e. The van der Waals surface area contributed by atoms with Gasteiger partial charge in [-0.2, -0.15) is 0 Å². The summed E-state index contributed by atoms with van der Waals surface area (Å²) < 4.78 is 12.7. The highest BCUT2D eigenvalue weighted by atomic mass is 19.1. The summed E-state index contributed by atoms with van der Waals surface area (Å²) in [5.41, 5.74) is 7.26. The van der Waals surface area contributed by atoms with Crippen LogP contribution in [0.5, 0.6) is 0 Å². The van der Waals surface area contributed by atoms with Gasteiger partial charge in [0.2, 0.25) is 0 Å². The minimum Gasteiger partial charge on any atom is -0.330 e. The molecule has 2 rings (SSSR count). The molecule has 0 unspecified atom stereocenters. The maximum absolute atomic E-state index is 12.7. The quantitative estimate of drug-likeness (QED) is 0.719. The standard InChI is InChI=1S/C13H19FN2/c14-12-3-1-11(2-4-12)5-8-16-10-13(9-15)6-7-13/h1-4,16H,5-10,15H2. The van der Waals surface area contributed by atoms with E-state index in [9.17, 15) is 4.39 Å². The lowest BCUT2D eigenvalue weighted by molar-refractivity contribution is 0.470. The van der Waals surface area contributed by atoms with Crippen molar-refractivity contribution in [2.45, 2.75) is 19.3 Å². The summed E-state index contributed by atoms with van der Waals surface area (Å²) in [4.78, 5) is 0. The molecule has 1 aliphatic carbocycles. The van der Waals surface area contributed by atoms with Crippen molar-refractivity contribution < 1.29 is 4.39 Å². The Hall–Kier alpha value is -0.930. The Morgan fingerprint density at radius 3 is 2.50 bits per heavy atom. The molecule has 0 atom stereocenters. The molecule has 1 aliphatic rings. The molecule has 0 amide bonds. The Morgan fingerprint density at radius 1 is 1.25 bits per heavy atom. The van der Waals surface area contributed by atoms with E-state index in [2.05, 4.69) is 5.32 Å². The molecule has 1 fully saturated rings. The Morgan fingerprint density at radius 2 is 1.94 bits per heavy atom. The average molecular weight is 222 g/mol. The van der Waals surface area contributed by atoms with Gasteiger partial charge < -0.3 is 11.1 Å². The van der Waals surface area contributed by atoms with Gasteiger partial charge in [-0.25, -0.2) is 4.39 Å². The molecule has 0 aromatic heterocycles. The molecule has 3 N–H and O–H groups in total. The maximum Gasteiger partial charge on any atom is 0.123 e. The molecule has 0 aliphatic heterocycles. The molecule has 3 heteroatoms. The Labute approximate surface area is 96.0 Å². The summed E-state index contributed by atoms with van der Waals surface area (Å²) in [6.45, 7) is 2.74. The first-order valence-corrected chi connectivity index (χ1v) is 5.89. The number of rotatable bonds is 6. The predicted octanol–water partition coefficient (Wildman–Crippen LogP) is 1.70. The molecule has 1 aromatic rings. The Balaban J connectivity index is 1.66. The Bertz CT molecular complexity index is 330. The lowest BCUT2D eigenvalue weighted by atomic mass is 10.1. The van der Waals surface area contributed by atoms with E-state index in [-0.39, 0.29) is 5.82 Å². The zero-order chi connectivity index (χ0) is 11.4. The average Bonchev–Trinajstić information content (AvgIpc) is 3.08. The van der Waals surface area contributed by atoms with Crippen LogP contribution in [0.3, 0.4) is 0 Å². The fourth-order valence-corrected chi connectivity index (χ4v) is 1.87. The number of nitrogens with two attached hydrogens (primary N) is 1. The highest BCUT2D eigenvalue weighted by Crippen LogP contribution is 2.43. The zero-order valence-corrected chi connectivity index (χ0v) is 9.51. The minimum absolute atomic E-state index is 0.170. The van der Waals surface area contributed by atoms with E-state index in [1.165, 1.54) is 30.5 Å². The van der Waals surface area contributed by atoms with Gasteiger partial charge in [-0.15, -0.1) is 0 Å². The summed E-state index contributed by atoms with van der Waals surface area (Å²) >= 11 is 0. The van der Waals surface area contributed by atoms with E-state index in [1.54, 1.807) is 0 Å². The van der Waals surface area contributed by atoms with Gasteiger partial charge in [-0.1, -0.05) is 12.1 Å². The van der Waals surface area contributed by atoms with Crippen molar-refractivity contribution in [3.05, 3.63) is 35.6 Å². The summed E-state index contributed by atoms with van der Waals surface area (Å²) in [5, 5.41) is 3.43. The molecule has 0 saturated heterocycles. The summed E-state index contributed by atoms with van der Waals surface area (Å²) in [6, 6.07) is 6.70. The number of hydrogen-bond donors (Lipinski definition) is 2. The molecular weight excluding hydrogens is 203 g/mol. The fraction of sp³-hybridized carbons (Fsp3) is 0.538. The van der Waals surface area contributed by atoms with E-state index in [0.29, 0.717) is 5.41 Å². The second-order valence-electron chi connectivity index (χ2n) is 4.76. The molecule has 0 radical (unpaired) electrons. The first kappa shape index (κ1) is 11.6. The molecule has 0 bridgehead atoms. The van der Waals surface area contributed by atoms with Crippen LogP contribution < -0.4 is 11.1 Å². The van der Waals surface area contributed by atoms with Gasteiger partial charge in [0.05, 0.1) is 0 Å². The summed E-state index contributed by atoms with van der Waals surface area (Å²) in [5.74, 6) is -0.170. The lowest BCUT2D eigenvalue weighted by Gasteiger charge is -2.13. The van der Waals surface area contributed by atoms with Gasteiger partial charge in [0.25, 0.3) is 0 Å². The first-order valence-electron chi connectivity index (χ1n) is 5.89. The van der Waals surface area contributed by atoms with Crippen molar-refractivity contribution in [3.63, 3.8) is 0 Å². The number of nitrogens with one attached hydrogen (secondary N) is 1. The topological polar surface area (TPSA) is 38.0 Å². The lowest BCUT2D eigenvalue weighted by Crippen LogP contribution is -2.30. The number of benzene rings is 1. The molecule has 2 nitrogen and oxygen atoms in total. The first-order chi connectivity index (χ1) is 7.74. The van der Waals surface area contributed by atoms with Crippen LogP contribution in [0.15, 0.2) is 24.3 Å². The zero-order valence-electron chi connectivity index (χ0n) is 9.51. The fourth-order valence-electron chi connectivity index (χ4n) is 1.87. The van der Waals surface area contributed by atoms with Gasteiger partial charge in [0, 0.05) is 6.54 Å². The van der Waals surface area contributed by atoms with Gasteiger partial charge >= 0.3 is 0 Å². The molecule has 0 spiro atoms. The van der Waals surface area contributed by atoms with Crippen LogP contribution in [0.1, 0.15) is 18.4 Å². The second kappa shape index (κ2) is 4.93. The van der Waals surface area contributed by atoms with E-state index in [4.69, 9.17) is 5.73 Å². The third-order valence-corrected chi connectivity index (χ3v) is 3.39. The van der Waals surface area contributed by atoms with Crippen molar-refractivity contribution in [3.8, 4) is 0 Å². The predicted molar refractivity (Wildman–Crippen MR) is 63.7 cm³/mol. The molecule has 1 saturated carbocycles. The van der Waals surface area contributed by atoms with Crippen LogP contribution in [-0.4, -0.2) is 19.6 Å². The van der Waals surface area contributed by atoms with Crippen molar-refractivity contribution in [2.24, 2.45) is 11.1 Å². The molecule has 1 aromatic carbocycles. The normalized spacial score (nSPS) is 17.4. The van der Waals surface area contributed by atoms with Gasteiger partial charge in [0.15, 0.2) is 0 Å². The molecule has 16 heavy (non-hydrogen) atoms. The van der Waals surface area contributed by atoms with Crippen LogP contribution in [0.4, 0.5) is 4.39 Å². The van der Waals surface area contributed by atoms with Crippen molar-refractivity contribution in [1.29, 1.82) is 0 Å². The SMILES string of the molecule is NCC1(CNCCc2ccc(F)cc2)CC1. The number of halogens is 1. The maximum atomic E-state index is 12.7. The summed E-state index contributed by atoms with van der Waals surface area (Å²) in [7, 11) is 0. The van der Waals surface area contributed by atoms with Crippen molar-refractivity contribution >= 4 is 0 Å². The van der Waals surface area contributed by atoms with E-state index in [1.807, 2.05) is 12.1 Å². The van der Waals surface area contributed by atoms with Gasteiger partial charge in [-0.05, 0) is 55.5 Å². The Kier molecular flexibility index (Phi) is 3.56. The van der Waals surface area contributed by atoms with E-state index >= 15 is 0 Å². The smallest absolute Gasteiger partial charge is 0.123 e. The minimum atomic E-state index is -0.170. The monoisotopic (exact) mass is 222 g/mol. The van der Waals surface area contributed by atoms with Crippen LogP contribution in [0, 0.1) is 11.2 Å². The second-order valence-corrected chi connectivity index (χ2v) is 4.76. The third-order valence-electron chi connectivity index (χ3n) is 3.39. The third kappa shape index (κ3) is 3.03. The molecule has 88 valence electrons. The van der Waals surface area contributed by atoms with E-state index in [0.717, 1.165) is 26.1 Å². The molecule has 0 heterocycles. The van der Waals surface area contributed by atoms with Gasteiger partial charge in [0.1, 0.15) is 5.82 Å². The van der Waals surface area contributed by atoms with Crippen molar-refractivity contribution in [1.82, 2.24) is 5.32 Å². The van der Waals surface area contributed by atoms with Crippen LogP contribution in [0.25, 0.3) is 0 Å². The number of hydrogen-bond acceptors (Lipinski definition) is 2.